The molecule has 1 N–H and O–H groups in total. The number of imidazole rings is 1. The molecule has 96 valence electrons. The van der Waals surface area contributed by atoms with Crippen LogP contribution in [-0.4, -0.2) is 25.6 Å². The van der Waals surface area contributed by atoms with Crippen molar-refractivity contribution < 1.29 is 9.90 Å². The minimum absolute atomic E-state index is 0.276. The van der Waals surface area contributed by atoms with Gasteiger partial charge in [-0.1, -0.05) is 12.8 Å². The lowest BCUT2D eigenvalue weighted by Crippen LogP contribution is -1.97. The number of fused-ring (bicyclic) bond motifs is 1. The Labute approximate surface area is 105 Å². The van der Waals surface area contributed by atoms with Gasteiger partial charge in [0, 0.05) is 19.2 Å². The predicted molar refractivity (Wildman–Crippen MR) is 68.2 cm³/mol. The van der Waals surface area contributed by atoms with E-state index in [0.717, 1.165) is 43.3 Å². The van der Waals surface area contributed by atoms with Gasteiger partial charge in [-0.15, -0.1) is 0 Å². The number of carbonyl (C=O) groups is 1. The number of rotatable bonds is 7. The third-order valence-corrected chi connectivity index (χ3v) is 2.96. The molecule has 0 saturated heterocycles. The van der Waals surface area contributed by atoms with Crippen molar-refractivity contribution >= 4 is 17.0 Å². The van der Waals surface area contributed by atoms with Gasteiger partial charge in [0.25, 0.3) is 0 Å². The van der Waals surface area contributed by atoms with E-state index < -0.39 is 5.97 Å². The first-order chi connectivity index (χ1) is 8.77. The van der Waals surface area contributed by atoms with Crippen molar-refractivity contribution in [2.24, 2.45) is 0 Å². The quantitative estimate of drug-likeness (QED) is 0.763. The summed E-state index contributed by atoms with van der Waals surface area (Å²) < 4.78 is 2.10. The summed E-state index contributed by atoms with van der Waals surface area (Å²) in [5.41, 5.74) is 2.03. The first kappa shape index (κ1) is 12.5. The molecule has 5 heteroatoms. The Hall–Kier alpha value is -1.91. The van der Waals surface area contributed by atoms with Gasteiger partial charge in [-0.05, 0) is 18.9 Å². The summed E-state index contributed by atoms with van der Waals surface area (Å²) >= 11 is 0. The number of aliphatic carboxylic acids is 1. The molecule has 0 amide bonds. The minimum atomic E-state index is -0.707. The lowest BCUT2D eigenvalue weighted by atomic mass is 10.1. The van der Waals surface area contributed by atoms with E-state index in [1.165, 1.54) is 0 Å². The maximum atomic E-state index is 10.3. The van der Waals surface area contributed by atoms with E-state index in [-0.39, 0.29) is 6.42 Å². The SMILES string of the molecule is O=C(O)CCCCCCn1cnc2ccncc21. The monoisotopic (exact) mass is 247 g/mol. The second-order valence-electron chi connectivity index (χ2n) is 4.36. The number of aryl methyl sites for hydroxylation is 1. The van der Waals surface area contributed by atoms with Gasteiger partial charge in [0.2, 0.25) is 0 Å². The molecule has 0 radical (unpaired) electrons. The van der Waals surface area contributed by atoms with E-state index in [9.17, 15) is 4.79 Å². The zero-order valence-electron chi connectivity index (χ0n) is 10.2. The van der Waals surface area contributed by atoms with Gasteiger partial charge < -0.3 is 9.67 Å². The van der Waals surface area contributed by atoms with E-state index in [1.807, 2.05) is 18.6 Å². The average Bonchev–Trinajstić information content (AvgIpc) is 2.77. The van der Waals surface area contributed by atoms with Crippen LogP contribution in [0.15, 0.2) is 24.8 Å². The van der Waals surface area contributed by atoms with Gasteiger partial charge in [-0.3, -0.25) is 9.78 Å². The van der Waals surface area contributed by atoms with Crippen LogP contribution in [0.25, 0.3) is 11.0 Å². The number of hydrogen-bond acceptors (Lipinski definition) is 3. The van der Waals surface area contributed by atoms with Crippen LogP contribution in [0, 0.1) is 0 Å². The summed E-state index contributed by atoms with van der Waals surface area (Å²) in [4.78, 5) is 18.7. The highest BCUT2D eigenvalue weighted by molar-refractivity contribution is 5.73. The fourth-order valence-corrected chi connectivity index (χ4v) is 1.99. The zero-order valence-corrected chi connectivity index (χ0v) is 10.2. The summed E-state index contributed by atoms with van der Waals surface area (Å²) in [6.45, 7) is 0.912. The summed E-state index contributed by atoms with van der Waals surface area (Å²) in [5.74, 6) is -0.707. The van der Waals surface area contributed by atoms with Crippen LogP contribution in [0.1, 0.15) is 32.1 Å². The highest BCUT2D eigenvalue weighted by atomic mass is 16.4. The van der Waals surface area contributed by atoms with Crippen molar-refractivity contribution in [3.63, 3.8) is 0 Å². The Morgan fingerprint density at radius 1 is 1.28 bits per heavy atom. The minimum Gasteiger partial charge on any atom is -0.481 e. The molecule has 2 aromatic rings. The number of nitrogens with zero attached hydrogens (tertiary/aromatic N) is 3. The molecule has 0 spiro atoms. The Morgan fingerprint density at radius 2 is 2.11 bits per heavy atom. The number of pyridine rings is 1. The maximum Gasteiger partial charge on any atom is 0.303 e. The fourth-order valence-electron chi connectivity index (χ4n) is 1.99. The van der Waals surface area contributed by atoms with Gasteiger partial charge in [-0.25, -0.2) is 4.98 Å². The Kier molecular flexibility index (Phi) is 4.28. The van der Waals surface area contributed by atoms with Crippen LogP contribution >= 0.6 is 0 Å². The van der Waals surface area contributed by atoms with E-state index >= 15 is 0 Å². The first-order valence-corrected chi connectivity index (χ1v) is 6.24. The second kappa shape index (κ2) is 6.14. The standard InChI is InChI=1S/C13H17N3O2/c17-13(18)5-3-1-2-4-8-16-10-15-11-6-7-14-9-12(11)16/h6-7,9-10H,1-5,8H2,(H,17,18). The third kappa shape index (κ3) is 3.29. The zero-order chi connectivity index (χ0) is 12.8. The van der Waals surface area contributed by atoms with Crippen molar-refractivity contribution in [3.05, 3.63) is 24.8 Å². The van der Waals surface area contributed by atoms with Crippen molar-refractivity contribution in [2.45, 2.75) is 38.6 Å². The molecule has 0 aliphatic heterocycles. The van der Waals surface area contributed by atoms with E-state index in [2.05, 4.69) is 14.5 Å². The third-order valence-electron chi connectivity index (χ3n) is 2.96. The number of aromatic nitrogens is 3. The molecule has 0 fully saturated rings. The first-order valence-electron chi connectivity index (χ1n) is 6.24. The summed E-state index contributed by atoms with van der Waals surface area (Å²) in [5, 5.41) is 8.52. The highest BCUT2D eigenvalue weighted by Crippen LogP contribution is 2.12. The molecule has 0 unspecified atom stereocenters. The van der Waals surface area contributed by atoms with Crippen LogP contribution in [0.5, 0.6) is 0 Å². The van der Waals surface area contributed by atoms with Crippen molar-refractivity contribution in [1.82, 2.24) is 14.5 Å². The van der Waals surface area contributed by atoms with Gasteiger partial charge in [0.1, 0.15) is 0 Å². The summed E-state index contributed by atoms with van der Waals surface area (Å²) in [6, 6.07) is 1.90. The summed E-state index contributed by atoms with van der Waals surface area (Å²) in [6.07, 6.45) is 9.51. The Bertz CT molecular complexity index is 522. The molecule has 2 heterocycles. The molecule has 0 atom stereocenters. The molecule has 0 aromatic carbocycles. The van der Waals surface area contributed by atoms with Crippen LogP contribution in [0.4, 0.5) is 0 Å². The lowest BCUT2D eigenvalue weighted by Gasteiger charge is -2.03. The topological polar surface area (TPSA) is 68.0 Å². The number of carboxylic acids is 1. The van der Waals surface area contributed by atoms with Gasteiger partial charge in [0.05, 0.1) is 23.6 Å². The highest BCUT2D eigenvalue weighted by Gasteiger charge is 2.01. The van der Waals surface area contributed by atoms with Crippen molar-refractivity contribution in [3.8, 4) is 0 Å². The normalized spacial score (nSPS) is 10.9. The van der Waals surface area contributed by atoms with Gasteiger partial charge in [-0.2, -0.15) is 0 Å². The molecule has 0 saturated carbocycles. The average molecular weight is 247 g/mol. The molecule has 0 aliphatic rings. The Balaban J connectivity index is 1.75. The lowest BCUT2D eigenvalue weighted by molar-refractivity contribution is -0.137. The van der Waals surface area contributed by atoms with Crippen LogP contribution < -0.4 is 0 Å². The number of hydrogen-bond donors (Lipinski definition) is 1. The molecule has 0 aliphatic carbocycles. The van der Waals surface area contributed by atoms with E-state index in [1.54, 1.807) is 6.20 Å². The number of carboxylic acid groups (broad SMARTS) is 1. The smallest absolute Gasteiger partial charge is 0.303 e. The largest absolute Gasteiger partial charge is 0.481 e. The predicted octanol–water partition coefficient (Wildman–Crippen LogP) is 2.47. The second-order valence-corrected chi connectivity index (χ2v) is 4.36. The molecule has 2 aromatic heterocycles. The number of unbranched alkanes of at least 4 members (excludes halogenated alkanes) is 3. The summed E-state index contributed by atoms with van der Waals surface area (Å²) in [7, 11) is 0. The van der Waals surface area contributed by atoms with Crippen LogP contribution in [-0.2, 0) is 11.3 Å². The van der Waals surface area contributed by atoms with E-state index in [0.29, 0.717) is 0 Å². The van der Waals surface area contributed by atoms with Crippen LogP contribution in [0.3, 0.4) is 0 Å². The molecular formula is C13H17N3O2. The Morgan fingerprint density at radius 3 is 2.94 bits per heavy atom. The molecule has 18 heavy (non-hydrogen) atoms. The van der Waals surface area contributed by atoms with E-state index in [4.69, 9.17) is 5.11 Å². The molecule has 5 nitrogen and oxygen atoms in total. The van der Waals surface area contributed by atoms with Crippen molar-refractivity contribution in [1.29, 1.82) is 0 Å². The molecule has 2 rings (SSSR count). The maximum absolute atomic E-state index is 10.3. The molecular weight excluding hydrogens is 230 g/mol. The fraction of sp³-hybridized carbons (Fsp3) is 0.462. The molecule has 0 bridgehead atoms. The van der Waals surface area contributed by atoms with Crippen molar-refractivity contribution in [2.75, 3.05) is 0 Å². The van der Waals surface area contributed by atoms with Crippen LogP contribution in [0.2, 0.25) is 0 Å². The van der Waals surface area contributed by atoms with Gasteiger partial charge >= 0.3 is 5.97 Å². The van der Waals surface area contributed by atoms with Gasteiger partial charge in [0.15, 0.2) is 0 Å².